The first-order valence-electron chi connectivity index (χ1n) is 5.09. The van der Waals surface area contributed by atoms with Gasteiger partial charge in [-0.3, -0.25) is 0 Å². The summed E-state index contributed by atoms with van der Waals surface area (Å²) in [5, 5.41) is 9.56. The standard InChI is InChI=1S/C11H22O/c1-8-7-9(11(2,3)4)5-6-10(8)12/h8-10,12H,5-7H2,1-4H3/t8-,9-,10+/m0/s1. The van der Waals surface area contributed by atoms with Crippen molar-refractivity contribution in [1.82, 2.24) is 0 Å². The van der Waals surface area contributed by atoms with Crippen LogP contribution in [0.4, 0.5) is 0 Å². The molecule has 1 saturated carbocycles. The lowest BCUT2D eigenvalue weighted by atomic mass is 9.69. The third-order valence-corrected chi connectivity index (χ3v) is 3.35. The van der Waals surface area contributed by atoms with E-state index in [0.717, 1.165) is 12.3 Å². The number of aliphatic hydroxyl groups excluding tert-OH is 1. The minimum absolute atomic E-state index is 0.0383. The van der Waals surface area contributed by atoms with Gasteiger partial charge in [0, 0.05) is 0 Å². The Balaban J connectivity index is 2.51. The SMILES string of the molecule is C[C@H]1C[C@@H](C(C)(C)C)CC[C@H]1O. The quantitative estimate of drug-likeness (QED) is 0.592. The molecular weight excluding hydrogens is 148 g/mol. The van der Waals surface area contributed by atoms with Gasteiger partial charge in [0.25, 0.3) is 0 Å². The third kappa shape index (κ3) is 2.22. The molecule has 12 heavy (non-hydrogen) atoms. The molecule has 3 atom stereocenters. The van der Waals surface area contributed by atoms with Gasteiger partial charge >= 0.3 is 0 Å². The largest absolute Gasteiger partial charge is 0.393 e. The van der Waals surface area contributed by atoms with Crippen molar-refractivity contribution >= 4 is 0 Å². The molecule has 0 amide bonds. The predicted octanol–water partition coefficient (Wildman–Crippen LogP) is 2.83. The minimum atomic E-state index is -0.0383. The molecule has 1 rings (SSSR count). The predicted molar refractivity (Wildman–Crippen MR) is 52.0 cm³/mol. The van der Waals surface area contributed by atoms with Gasteiger partial charge < -0.3 is 5.11 Å². The van der Waals surface area contributed by atoms with Gasteiger partial charge in [0.05, 0.1) is 6.10 Å². The van der Waals surface area contributed by atoms with Crippen molar-refractivity contribution in [2.45, 2.75) is 53.1 Å². The van der Waals surface area contributed by atoms with Crippen LogP contribution in [0, 0.1) is 17.3 Å². The summed E-state index contributed by atoms with van der Waals surface area (Å²) < 4.78 is 0. The molecule has 0 aliphatic heterocycles. The first kappa shape index (κ1) is 10.0. The van der Waals surface area contributed by atoms with Crippen LogP contribution >= 0.6 is 0 Å². The van der Waals surface area contributed by atoms with Gasteiger partial charge in [-0.05, 0) is 36.5 Å². The monoisotopic (exact) mass is 170 g/mol. The van der Waals surface area contributed by atoms with Crippen LogP contribution in [0.2, 0.25) is 0 Å². The second-order valence-corrected chi connectivity index (χ2v) is 5.42. The van der Waals surface area contributed by atoms with E-state index >= 15 is 0 Å². The maximum Gasteiger partial charge on any atom is 0.0566 e. The fourth-order valence-corrected chi connectivity index (χ4v) is 2.17. The van der Waals surface area contributed by atoms with E-state index in [9.17, 15) is 5.11 Å². The molecule has 1 N–H and O–H groups in total. The van der Waals surface area contributed by atoms with Crippen LogP contribution in [0.25, 0.3) is 0 Å². The molecule has 1 fully saturated rings. The van der Waals surface area contributed by atoms with Gasteiger partial charge in [0.2, 0.25) is 0 Å². The van der Waals surface area contributed by atoms with Gasteiger partial charge in [0.15, 0.2) is 0 Å². The molecule has 1 aliphatic carbocycles. The lowest BCUT2D eigenvalue weighted by molar-refractivity contribution is 0.0274. The first-order valence-corrected chi connectivity index (χ1v) is 5.09. The molecule has 0 aromatic carbocycles. The molecule has 1 aliphatic rings. The Morgan fingerprint density at radius 3 is 2.17 bits per heavy atom. The first-order chi connectivity index (χ1) is 5.41. The van der Waals surface area contributed by atoms with E-state index in [4.69, 9.17) is 0 Å². The number of rotatable bonds is 0. The lowest BCUT2D eigenvalue weighted by Crippen LogP contribution is -2.33. The van der Waals surface area contributed by atoms with Crippen LogP contribution in [0.15, 0.2) is 0 Å². The highest BCUT2D eigenvalue weighted by Crippen LogP contribution is 2.39. The van der Waals surface area contributed by atoms with Crippen molar-refractivity contribution < 1.29 is 5.11 Å². The number of aliphatic hydroxyl groups is 1. The minimum Gasteiger partial charge on any atom is -0.393 e. The summed E-state index contributed by atoms with van der Waals surface area (Å²) in [6.07, 6.45) is 3.37. The van der Waals surface area contributed by atoms with Gasteiger partial charge in [-0.2, -0.15) is 0 Å². The topological polar surface area (TPSA) is 20.2 Å². The average molecular weight is 170 g/mol. The summed E-state index contributed by atoms with van der Waals surface area (Å²) in [5.74, 6) is 1.30. The average Bonchev–Trinajstić information content (AvgIpc) is 1.92. The summed E-state index contributed by atoms with van der Waals surface area (Å²) in [6, 6.07) is 0. The lowest BCUT2D eigenvalue weighted by Gasteiger charge is -2.38. The summed E-state index contributed by atoms with van der Waals surface area (Å²) in [6.45, 7) is 9.09. The number of hydrogen-bond donors (Lipinski definition) is 1. The molecule has 0 unspecified atom stereocenters. The van der Waals surface area contributed by atoms with Crippen molar-refractivity contribution in [3.63, 3.8) is 0 Å². The molecule has 0 saturated heterocycles. The highest BCUT2D eigenvalue weighted by Gasteiger charge is 2.32. The Morgan fingerprint density at radius 2 is 1.75 bits per heavy atom. The molecule has 0 spiro atoms. The highest BCUT2D eigenvalue weighted by molar-refractivity contribution is 4.83. The van der Waals surface area contributed by atoms with E-state index in [2.05, 4.69) is 27.7 Å². The van der Waals surface area contributed by atoms with Crippen molar-refractivity contribution in [3.05, 3.63) is 0 Å². The Hall–Kier alpha value is -0.0400. The normalized spacial score (nSPS) is 38.2. The van der Waals surface area contributed by atoms with Gasteiger partial charge in [-0.1, -0.05) is 27.7 Å². The zero-order chi connectivity index (χ0) is 9.35. The second kappa shape index (κ2) is 3.37. The van der Waals surface area contributed by atoms with Crippen molar-refractivity contribution in [3.8, 4) is 0 Å². The van der Waals surface area contributed by atoms with Crippen molar-refractivity contribution in [2.75, 3.05) is 0 Å². The maximum atomic E-state index is 9.56. The van der Waals surface area contributed by atoms with Crippen LogP contribution in [0.3, 0.4) is 0 Å². The van der Waals surface area contributed by atoms with E-state index in [-0.39, 0.29) is 6.10 Å². The Labute approximate surface area is 76.2 Å². The van der Waals surface area contributed by atoms with Crippen LogP contribution in [0.1, 0.15) is 47.0 Å². The van der Waals surface area contributed by atoms with Crippen molar-refractivity contribution in [1.29, 1.82) is 0 Å². The van der Waals surface area contributed by atoms with Gasteiger partial charge in [-0.25, -0.2) is 0 Å². The van der Waals surface area contributed by atoms with E-state index in [1.807, 2.05) is 0 Å². The Morgan fingerprint density at radius 1 is 1.17 bits per heavy atom. The molecule has 72 valence electrons. The van der Waals surface area contributed by atoms with E-state index in [0.29, 0.717) is 11.3 Å². The second-order valence-electron chi connectivity index (χ2n) is 5.42. The van der Waals surface area contributed by atoms with Gasteiger partial charge in [-0.15, -0.1) is 0 Å². The van der Waals surface area contributed by atoms with Crippen LogP contribution in [-0.2, 0) is 0 Å². The summed E-state index contributed by atoms with van der Waals surface area (Å²) in [4.78, 5) is 0. The van der Waals surface area contributed by atoms with Gasteiger partial charge in [0.1, 0.15) is 0 Å². The van der Waals surface area contributed by atoms with E-state index < -0.39 is 0 Å². The molecule has 0 aromatic rings. The van der Waals surface area contributed by atoms with Crippen LogP contribution in [0.5, 0.6) is 0 Å². The van der Waals surface area contributed by atoms with E-state index in [1.54, 1.807) is 0 Å². The fraction of sp³-hybridized carbons (Fsp3) is 1.00. The Kier molecular flexibility index (Phi) is 2.82. The molecule has 0 aromatic heterocycles. The molecule has 0 bridgehead atoms. The molecule has 0 radical (unpaired) electrons. The highest BCUT2D eigenvalue weighted by atomic mass is 16.3. The zero-order valence-electron chi connectivity index (χ0n) is 8.80. The summed E-state index contributed by atoms with van der Waals surface area (Å²) >= 11 is 0. The molecule has 0 heterocycles. The smallest absolute Gasteiger partial charge is 0.0566 e. The molecule has 1 nitrogen and oxygen atoms in total. The summed E-state index contributed by atoms with van der Waals surface area (Å²) in [7, 11) is 0. The zero-order valence-corrected chi connectivity index (χ0v) is 8.80. The van der Waals surface area contributed by atoms with Crippen molar-refractivity contribution in [2.24, 2.45) is 17.3 Å². The van der Waals surface area contributed by atoms with Crippen LogP contribution in [-0.4, -0.2) is 11.2 Å². The third-order valence-electron chi connectivity index (χ3n) is 3.35. The van der Waals surface area contributed by atoms with E-state index in [1.165, 1.54) is 12.8 Å². The molecule has 1 heteroatoms. The summed E-state index contributed by atoms with van der Waals surface area (Å²) in [5.41, 5.74) is 0.425. The Bertz CT molecular complexity index is 146. The fourth-order valence-electron chi connectivity index (χ4n) is 2.17. The maximum absolute atomic E-state index is 9.56. The number of hydrogen-bond acceptors (Lipinski definition) is 1. The molecular formula is C11H22O. The van der Waals surface area contributed by atoms with Crippen LogP contribution < -0.4 is 0 Å².